The van der Waals surface area contributed by atoms with Crippen LogP contribution in [0.2, 0.25) is 0 Å². The fourth-order valence-electron chi connectivity index (χ4n) is 1.81. The summed E-state index contributed by atoms with van der Waals surface area (Å²) in [5.41, 5.74) is 0. The summed E-state index contributed by atoms with van der Waals surface area (Å²) in [7, 11) is 2.63. The van der Waals surface area contributed by atoms with Gasteiger partial charge in [-0.15, -0.1) is 11.8 Å². The largest absolute Gasteiger partial charge is 0.467 e. The number of rotatable bonds is 5. The summed E-state index contributed by atoms with van der Waals surface area (Å²) < 4.78 is 9.32. The number of thioether (sulfide) groups is 1. The molecule has 1 aliphatic heterocycles. The van der Waals surface area contributed by atoms with Crippen molar-refractivity contribution in [2.45, 2.75) is 43.2 Å². The molecule has 0 aliphatic carbocycles. The Labute approximate surface area is 123 Å². The number of carbonyl (C=O) groups excluding carboxylic acids is 2. The number of hydrogen-bond acceptors (Lipinski definition) is 6. The van der Waals surface area contributed by atoms with Crippen LogP contribution in [-0.2, 0) is 14.3 Å². The highest BCUT2D eigenvalue weighted by atomic mass is 32.2. The third-order valence-corrected chi connectivity index (χ3v) is 4.16. The molecular formula is C12H22N2O5S. The van der Waals surface area contributed by atoms with Crippen LogP contribution in [0, 0.1) is 0 Å². The van der Waals surface area contributed by atoms with Crippen molar-refractivity contribution in [1.29, 1.82) is 0 Å². The van der Waals surface area contributed by atoms with Gasteiger partial charge in [-0.3, -0.25) is 0 Å². The van der Waals surface area contributed by atoms with Crippen LogP contribution in [0.25, 0.3) is 0 Å². The number of urea groups is 1. The number of ether oxygens (including phenoxy) is 2. The molecule has 0 radical (unpaired) electrons. The molecule has 1 heterocycles. The first kappa shape index (κ1) is 17.1. The minimum atomic E-state index is -1.10. The van der Waals surface area contributed by atoms with E-state index in [1.807, 2.05) is 20.8 Å². The van der Waals surface area contributed by atoms with Crippen LogP contribution >= 0.6 is 11.8 Å². The zero-order valence-electron chi connectivity index (χ0n) is 12.4. The normalized spacial score (nSPS) is 24.5. The topological polar surface area (TPSA) is 88.1 Å². The van der Waals surface area contributed by atoms with E-state index in [0.717, 1.165) is 0 Å². The highest BCUT2D eigenvalue weighted by Crippen LogP contribution is 2.35. The van der Waals surface area contributed by atoms with E-state index in [0.29, 0.717) is 0 Å². The third-order valence-electron chi connectivity index (χ3n) is 2.69. The molecule has 1 fully saturated rings. The molecule has 3 unspecified atom stereocenters. The molecule has 7 nitrogen and oxygen atoms in total. The molecule has 0 aromatic heterocycles. The van der Waals surface area contributed by atoms with Crippen LogP contribution < -0.4 is 5.32 Å². The Balaban J connectivity index is 2.94. The van der Waals surface area contributed by atoms with Gasteiger partial charge in [0.05, 0.1) is 13.7 Å². The molecule has 0 saturated carbocycles. The van der Waals surface area contributed by atoms with Crippen LogP contribution in [0.3, 0.4) is 0 Å². The number of β-amino-alcohol motifs (C(OH)–C–C–N with tert-alkyl or cyclic N) is 1. The number of carbonyl (C=O) groups is 2. The minimum Gasteiger partial charge on any atom is -0.467 e. The molecule has 8 heteroatoms. The van der Waals surface area contributed by atoms with Crippen molar-refractivity contribution in [3.8, 4) is 0 Å². The maximum Gasteiger partial charge on any atom is 0.331 e. The van der Waals surface area contributed by atoms with Crippen LogP contribution in [0.15, 0.2) is 0 Å². The fourth-order valence-corrected chi connectivity index (χ4v) is 3.16. The summed E-state index contributed by atoms with van der Waals surface area (Å²) in [6, 6.07) is -1.18. The van der Waals surface area contributed by atoms with Crippen LogP contribution in [0.1, 0.15) is 20.8 Å². The van der Waals surface area contributed by atoms with Crippen molar-refractivity contribution in [3.63, 3.8) is 0 Å². The summed E-state index contributed by atoms with van der Waals surface area (Å²) in [5, 5.41) is 11.7. The number of nitrogens with zero attached hydrogens (tertiary/aromatic N) is 1. The van der Waals surface area contributed by atoms with Crippen LogP contribution in [-0.4, -0.2) is 65.2 Å². The summed E-state index contributed by atoms with van der Waals surface area (Å²) in [4.78, 5) is 25.2. The van der Waals surface area contributed by atoms with Crippen molar-refractivity contribution in [2.24, 2.45) is 0 Å². The first-order chi connectivity index (χ1) is 9.19. The molecule has 0 aromatic rings. The maximum atomic E-state index is 12.0. The average molecular weight is 306 g/mol. The van der Waals surface area contributed by atoms with E-state index in [2.05, 4.69) is 5.32 Å². The van der Waals surface area contributed by atoms with E-state index in [-0.39, 0.29) is 11.3 Å². The van der Waals surface area contributed by atoms with Gasteiger partial charge in [-0.2, -0.15) is 0 Å². The van der Waals surface area contributed by atoms with Gasteiger partial charge >= 0.3 is 12.0 Å². The Bertz CT molecular complexity index is 371. The van der Waals surface area contributed by atoms with Crippen molar-refractivity contribution >= 4 is 23.8 Å². The lowest BCUT2D eigenvalue weighted by molar-refractivity contribution is -0.143. The van der Waals surface area contributed by atoms with E-state index >= 15 is 0 Å². The maximum absolute atomic E-state index is 12.0. The number of methoxy groups -OCH3 is 2. The van der Waals surface area contributed by atoms with Gasteiger partial charge < -0.3 is 24.8 Å². The van der Waals surface area contributed by atoms with Gasteiger partial charge in [-0.25, -0.2) is 9.59 Å². The predicted octanol–water partition coefficient (Wildman–Crippen LogP) is 0.376. The van der Waals surface area contributed by atoms with Gasteiger partial charge in [-0.05, 0) is 0 Å². The lowest BCUT2D eigenvalue weighted by Crippen LogP contribution is -2.44. The zero-order valence-corrected chi connectivity index (χ0v) is 13.2. The third kappa shape index (κ3) is 4.26. The number of esters is 1. The first-order valence-corrected chi connectivity index (χ1v) is 7.11. The van der Waals surface area contributed by atoms with E-state index in [9.17, 15) is 14.7 Å². The summed E-state index contributed by atoms with van der Waals surface area (Å²) >= 11 is 1.46. The molecule has 2 N–H and O–H groups in total. The molecule has 1 rings (SSSR count). The lowest BCUT2D eigenvalue weighted by Gasteiger charge is -2.31. The summed E-state index contributed by atoms with van der Waals surface area (Å²) in [6.45, 7) is 5.95. The second kappa shape index (κ2) is 6.64. The highest BCUT2D eigenvalue weighted by molar-refractivity contribution is 8.01. The molecule has 20 heavy (non-hydrogen) atoms. The second-order valence-corrected chi connectivity index (χ2v) is 7.36. The Morgan fingerprint density at radius 2 is 2.10 bits per heavy atom. The molecule has 116 valence electrons. The number of aliphatic hydroxyl groups is 1. The number of hydrogen-bond donors (Lipinski definition) is 2. The molecule has 0 bridgehead atoms. The Hall–Kier alpha value is -0.990. The molecule has 0 aromatic carbocycles. The lowest BCUT2D eigenvalue weighted by atomic mass is 10.2. The monoisotopic (exact) mass is 306 g/mol. The van der Waals surface area contributed by atoms with Crippen molar-refractivity contribution in [2.75, 3.05) is 20.8 Å². The quantitative estimate of drug-likeness (QED) is 0.564. The summed E-state index contributed by atoms with van der Waals surface area (Å²) in [5.74, 6) is -0.505. The first-order valence-electron chi connectivity index (χ1n) is 6.23. The van der Waals surface area contributed by atoms with Gasteiger partial charge in [0.2, 0.25) is 0 Å². The van der Waals surface area contributed by atoms with E-state index in [1.165, 1.54) is 30.9 Å². The molecule has 3 atom stereocenters. The van der Waals surface area contributed by atoms with Gasteiger partial charge in [-0.1, -0.05) is 20.8 Å². The second-order valence-electron chi connectivity index (χ2n) is 5.41. The van der Waals surface area contributed by atoms with Crippen LogP contribution in [0.4, 0.5) is 4.79 Å². The minimum absolute atomic E-state index is 0.0103. The summed E-state index contributed by atoms with van der Waals surface area (Å²) in [6.07, 6.45) is -1.10. The van der Waals surface area contributed by atoms with E-state index < -0.39 is 29.7 Å². The Morgan fingerprint density at radius 3 is 2.55 bits per heavy atom. The Kier molecular flexibility index (Phi) is 5.67. The highest BCUT2D eigenvalue weighted by Gasteiger charge is 2.46. The average Bonchev–Trinajstić information content (AvgIpc) is 2.64. The number of amides is 2. The SMILES string of the molecule is COC(=O)C1NC(=O)N(CC(O)OC)C1SC(C)(C)C. The molecule has 0 spiro atoms. The molecule has 1 aliphatic rings. The van der Waals surface area contributed by atoms with Crippen molar-refractivity contribution in [3.05, 3.63) is 0 Å². The number of nitrogens with one attached hydrogen (secondary N) is 1. The molecule has 2 amide bonds. The van der Waals surface area contributed by atoms with Gasteiger partial charge in [0.15, 0.2) is 12.3 Å². The predicted molar refractivity (Wildman–Crippen MR) is 75.2 cm³/mol. The van der Waals surface area contributed by atoms with E-state index in [4.69, 9.17) is 9.47 Å². The standard InChI is InChI=1S/C12H22N2O5S/c1-12(2,3)20-9-8(10(16)19-5)13-11(17)14(9)6-7(15)18-4/h7-9,15H,6H2,1-5H3,(H,13,17). The fraction of sp³-hybridized carbons (Fsp3) is 0.833. The van der Waals surface area contributed by atoms with Gasteiger partial charge in [0.1, 0.15) is 5.37 Å². The van der Waals surface area contributed by atoms with Crippen molar-refractivity contribution in [1.82, 2.24) is 10.2 Å². The number of aliphatic hydroxyl groups excluding tert-OH is 1. The van der Waals surface area contributed by atoms with Gasteiger partial charge in [0, 0.05) is 11.9 Å². The van der Waals surface area contributed by atoms with Crippen molar-refractivity contribution < 1.29 is 24.2 Å². The Morgan fingerprint density at radius 1 is 1.50 bits per heavy atom. The van der Waals surface area contributed by atoms with Gasteiger partial charge in [0.25, 0.3) is 0 Å². The smallest absolute Gasteiger partial charge is 0.331 e. The zero-order chi connectivity index (χ0) is 15.5. The molecule has 1 saturated heterocycles. The van der Waals surface area contributed by atoms with E-state index in [1.54, 1.807) is 0 Å². The molecular weight excluding hydrogens is 284 g/mol. The van der Waals surface area contributed by atoms with Crippen LogP contribution in [0.5, 0.6) is 0 Å².